The molecule has 0 N–H and O–H groups in total. The molecule has 1 aromatic rings. The smallest absolute Gasteiger partial charge is 0.338 e. The van der Waals surface area contributed by atoms with Gasteiger partial charge in [-0.15, -0.1) is 0 Å². The zero-order valence-corrected chi connectivity index (χ0v) is 22.4. The fourth-order valence-electron chi connectivity index (χ4n) is 6.33. The Bertz CT molecular complexity index is 663. The Hall–Kier alpha value is -1.31. The first kappa shape index (κ1) is 27.3. The van der Waals surface area contributed by atoms with Gasteiger partial charge in [0.05, 0.1) is 5.56 Å². The van der Waals surface area contributed by atoms with E-state index in [1.165, 1.54) is 115 Å². The summed E-state index contributed by atoms with van der Waals surface area (Å²) in [6, 6.07) is 8.41. The van der Waals surface area contributed by atoms with Gasteiger partial charge >= 0.3 is 5.97 Å². The van der Waals surface area contributed by atoms with Crippen LogP contribution < -0.4 is 0 Å². The molecule has 1 aromatic carbocycles. The van der Waals surface area contributed by atoms with Crippen molar-refractivity contribution in [3.8, 4) is 0 Å². The van der Waals surface area contributed by atoms with E-state index in [2.05, 4.69) is 26.0 Å². The molecule has 3 rings (SSSR count). The fraction of sp³-hybridized carbons (Fsp3) is 0.781. The molecule has 2 aliphatic rings. The van der Waals surface area contributed by atoms with E-state index in [9.17, 15) is 4.79 Å². The Kier molecular flexibility index (Phi) is 12.5. The SMILES string of the molecule is CCCCCCCC1CCC(OC(=O)c2ccc(C3CCC(CCCCCC)CC3)cc2)CC1. The van der Waals surface area contributed by atoms with Gasteiger partial charge in [0.15, 0.2) is 0 Å². The molecule has 34 heavy (non-hydrogen) atoms. The number of hydrogen-bond acceptors (Lipinski definition) is 2. The van der Waals surface area contributed by atoms with Gasteiger partial charge in [-0.3, -0.25) is 0 Å². The minimum Gasteiger partial charge on any atom is -0.459 e. The lowest BCUT2D eigenvalue weighted by Crippen LogP contribution is -2.24. The molecule has 0 atom stereocenters. The van der Waals surface area contributed by atoms with Gasteiger partial charge < -0.3 is 4.74 Å². The summed E-state index contributed by atoms with van der Waals surface area (Å²) in [7, 11) is 0. The minimum atomic E-state index is -0.120. The maximum atomic E-state index is 12.7. The Morgan fingerprint density at radius 3 is 1.74 bits per heavy atom. The molecule has 0 unspecified atom stereocenters. The lowest BCUT2D eigenvalue weighted by Gasteiger charge is -2.29. The van der Waals surface area contributed by atoms with Crippen molar-refractivity contribution in [2.75, 3.05) is 0 Å². The number of benzene rings is 1. The van der Waals surface area contributed by atoms with Gasteiger partial charge in [0, 0.05) is 0 Å². The van der Waals surface area contributed by atoms with Crippen molar-refractivity contribution >= 4 is 5.97 Å². The number of carbonyl (C=O) groups is 1. The van der Waals surface area contributed by atoms with E-state index in [0.29, 0.717) is 5.92 Å². The second kappa shape index (κ2) is 15.6. The van der Waals surface area contributed by atoms with Crippen LogP contribution >= 0.6 is 0 Å². The molecule has 0 aliphatic heterocycles. The standard InChI is InChI=1S/C32H52O2/c1-3-5-7-9-11-13-27-16-24-31(25-17-27)34-32(33)30-22-20-29(21-23-30)28-18-14-26(15-19-28)12-10-8-6-4-2/h20-23,26-28,31H,3-19,24-25H2,1-2H3. The third-order valence-corrected chi connectivity index (χ3v) is 8.71. The summed E-state index contributed by atoms with van der Waals surface area (Å²) in [5.74, 6) is 2.35. The van der Waals surface area contributed by atoms with Crippen LogP contribution in [-0.4, -0.2) is 12.1 Å². The molecular formula is C32H52O2. The second-order valence-corrected chi connectivity index (χ2v) is 11.4. The summed E-state index contributed by atoms with van der Waals surface area (Å²) in [6.07, 6.45) is 25.2. The van der Waals surface area contributed by atoms with E-state index >= 15 is 0 Å². The normalized spacial score (nSPS) is 25.2. The molecule has 0 aromatic heterocycles. The predicted molar refractivity (Wildman–Crippen MR) is 144 cm³/mol. The average Bonchev–Trinajstić information content (AvgIpc) is 2.88. The molecule has 0 radical (unpaired) electrons. The molecule has 2 fully saturated rings. The first-order valence-corrected chi connectivity index (χ1v) is 15.0. The summed E-state index contributed by atoms with van der Waals surface area (Å²) in [5.41, 5.74) is 2.15. The summed E-state index contributed by atoms with van der Waals surface area (Å²) >= 11 is 0. The maximum absolute atomic E-state index is 12.7. The minimum absolute atomic E-state index is 0.120. The van der Waals surface area contributed by atoms with Crippen molar-refractivity contribution in [1.29, 1.82) is 0 Å². The van der Waals surface area contributed by atoms with Crippen LogP contribution in [0.4, 0.5) is 0 Å². The van der Waals surface area contributed by atoms with Crippen LogP contribution in [0.1, 0.15) is 158 Å². The summed E-state index contributed by atoms with van der Waals surface area (Å²) in [4.78, 5) is 12.7. The Morgan fingerprint density at radius 1 is 0.676 bits per heavy atom. The van der Waals surface area contributed by atoms with Crippen molar-refractivity contribution in [3.63, 3.8) is 0 Å². The summed E-state index contributed by atoms with van der Waals surface area (Å²) < 4.78 is 5.90. The zero-order chi connectivity index (χ0) is 24.0. The van der Waals surface area contributed by atoms with Crippen molar-refractivity contribution in [1.82, 2.24) is 0 Å². The highest BCUT2D eigenvalue weighted by molar-refractivity contribution is 5.89. The number of hydrogen-bond donors (Lipinski definition) is 0. The van der Waals surface area contributed by atoms with Crippen LogP contribution in [0, 0.1) is 11.8 Å². The molecule has 0 heterocycles. The fourth-order valence-corrected chi connectivity index (χ4v) is 6.33. The van der Waals surface area contributed by atoms with Crippen LogP contribution in [0.15, 0.2) is 24.3 Å². The second-order valence-electron chi connectivity index (χ2n) is 11.4. The van der Waals surface area contributed by atoms with Crippen molar-refractivity contribution < 1.29 is 9.53 Å². The topological polar surface area (TPSA) is 26.3 Å². The van der Waals surface area contributed by atoms with Crippen LogP contribution in [0.5, 0.6) is 0 Å². The van der Waals surface area contributed by atoms with E-state index < -0.39 is 0 Å². The molecule has 2 aliphatic carbocycles. The van der Waals surface area contributed by atoms with Crippen molar-refractivity contribution in [2.45, 2.75) is 148 Å². The monoisotopic (exact) mass is 468 g/mol. The van der Waals surface area contributed by atoms with E-state index in [-0.39, 0.29) is 12.1 Å². The third-order valence-electron chi connectivity index (χ3n) is 8.71. The molecular weight excluding hydrogens is 416 g/mol. The number of esters is 1. The Morgan fingerprint density at radius 2 is 1.18 bits per heavy atom. The lowest BCUT2D eigenvalue weighted by atomic mass is 9.77. The van der Waals surface area contributed by atoms with E-state index in [0.717, 1.165) is 30.2 Å². The van der Waals surface area contributed by atoms with Gasteiger partial charge in [-0.2, -0.15) is 0 Å². The van der Waals surface area contributed by atoms with Crippen LogP contribution in [0.25, 0.3) is 0 Å². The van der Waals surface area contributed by atoms with Gasteiger partial charge in [-0.25, -0.2) is 4.79 Å². The van der Waals surface area contributed by atoms with Crippen molar-refractivity contribution in [3.05, 3.63) is 35.4 Å². The largest absolute Gasteiger partial charge is 0.459 e. The molecule has 0 saturated heterocycles. The molecule has 2 saturated carbocycles. The molecule has 192 valence electrons. The Labute approximate surface area is 210 Å². The number of unbranched alkanes of at least 4 members (excludes halogenated alkanes) is 7. The highest BCUT2D eigenvalue weighted by atomic mass is 16.5. The zero-order valence-electron chi connectivity index (χ0n) is 22.4. The average molecular weight is 469 g/mol. The Balaban J connectivity index is 1.33. The van der Waals surface area contributed by atoms with Crippen LogP contribution in [0.2, 0.25) is 0 Å². The summed E-state index contributed by atoms with van der Waals surface area (Å²) in [5, 5.41) is 0. The third kappa shape index (κ3) is 9.38. The van der Waals surface area contributed by atoms with Crippen LogP contribution in [0.3, 0.4) is 0 Å². The molecule has 0 amide bonds. The van der Waals surface area contributed by atoms with E-state index in [4.69, 9.17) is 4.74 Å². The first-order valence-electron chi connectivity index (χ1n) is 15.0. The highest BCUT2D eigenvalue weighted by Crippen LogP contribution is 2.38. The maximum Gasteiger partial charge on any atom is 0.338 e. The van der Waals surface area contributed by atoms with Gasteiger partial charge in [-0.05, 0) is 86.8 Å². The highest BCUT2D eigenvalue weighted by Gasteiger charge is 2.25. The van der Waals surface area contributed by atoms with E-state index in [1.54, 1.807) is 0 Å². The molecule has 0 spiro atoms. The molecule has 0 bridgehead atoms. The van der Waals surface area contributed by atoms with Gasteiger partial charge in [0.25, 0.3) is 0 Å². The number of carbonyl (C=O) groups excluding carboxylic acids is 1. The molecule has 2 nitrogen and oxygen atoms in total. The number of ether oxygens (including phenoxy) is 1. The molecule has 2 heteroatoms. The van der Waals surface area contributed by atoms with Crippen LogP contribution in [-0.2, 0) is 4.74 Å². The predicted octanol–water partition coefficient (Wildman–Crippen LogP) is 10.0. The van der Waals surface area contributed by atoms with Crippen molar-refractivity contribution in [2.24, 2.45) is 11.8 Å². The number of rotatable bonds is 14. The van der Waals surface area contributed by atoms with Gasteiger partial charge in [0.1, 0.15) is 6.10 Å². The lowest BCUT2D eigenvalue weighted by molar-refractivity contribution is 0.0161. The van der Waals surface area contributed by atoms with Gasteiger partial charge in [-0.1, -0.05) is 96.6 Å². The quantitative estimate of drug-likeness (QED) is 0.200. The van der Waals surface area contributed by atoms with Gasteiger partial charge in [0.2, 0.25) is 0 Å². The first-order chi connectivity index (χ1) is 16.7. The van der Waals surface area contributed by atoms with E-state index in [1.807, 2.05) is 12.1 Å². The summed E-state index contributed by atoms with van der Waals surface area (Å²) in [6.45, 7) is 4.57.